The van der Waals surface area contributed by atoms with E-state index in [2.05, 4.69) is 0 Å². The number of hydrogen-bond acceptors (Lipinski definition) is 4. The van der Waals surface area contributed by atoms with Crippen molar-refractivity contribution in [3.8, 4) is 0 Å². The van der Waals surface area contributed by atoms with Gasteiger partial charge in [0.05, 0.1) is 4.90 Å². The van der Waals surface area contributed by atoms with Gasteiger partial charge in [0.2, 0.25) is 5.91 Å². The van der Waals surface area contributed by atoms with Crippen LogP contribution in [0, 0.1) is 0 Å². The second kappa shape index (κ2) is 7.94. The molecule has 2 aromatic carbocycles. The Morgan fingerprint density at radius 2 is 1.60 bits per heavy atom. The summed E-state index contributed by atoms with van der Waals surface area (Å²) in [5.41, 5.74) is 6.48. The number of sulfone groups is 1. The molecule has 132 valence electrons. The molecule has 0 bridgehead atoms. The second-order valence-electron chi connectivity index (χ2n) is 5.73. The molecule has 0 aliphatic rings. The van der Waals surface area contributed by atoms with Gasteiger partial charge in [-0.1, -0.05) is 30.3 Å². The maximum absolute atomic E-state index is 12.7. The van der Waals surface area contributed by atoms with Gasteiger partial charge in [-0.05, 0) is 29.8 Å². The predicted octanol–water partition coefficient (Wildman–Crippen LogP) is 1.61. The highest BCUT2D eigenvalue weighted by atomic mass is 32.2. The largest absolute Gasteiger partial charge is 0.370 e. The summed E-state index contributed by atoms with van der Waals surface area (Å²) in [5.74, 6) is -0.775. The van der Waals surface area contributed by atoms with Gasteiger partial charge in [0.25, 0.3) is 5.91 Å². The Kier molecular flexibility index (Phi) is 5.93. The number of nitrogens with two attached hydrogens (primary N) is 1. The van der Waals surface area contributed by atoms with Gasteiger partial charge in [0, 0.05) is 31.3 Å². The summed E-state index contributed by atoms with van der Waals surface area (Å²) >= 11 is 0. The van der Waals surface area contributed by atoms with Crippen molar-refractivity contribution in [3.05, 3.63) is 65.7 Å². The van der Waals surface area contributed by atoms with E-state index < -0.39 is 15.7 Å². The zero-order chi connectivity index (χ0) is 18.4. The average Bonchev–Trinajstić information content (AvgIpc) is 2.58. The molecule has 7 heteroatoms. The van der Waals surface area contributed by atoms with Crippen molar-refractivity contribution >= 4 is 21.7 Å². The van der Waals surface area contributed by atoms with Crippen LogP contribution in [0.2, 0.25) is 0 Å². The molecular weight excluding hydrogens is 340 g/mol. The summed E-state index contributed by atoms with van der Waals surface area (Å²) in [7, 11) is -3.32. The molecule has 25 heavy (non-hydrogen) atoms. The monoisotopic (exact) mass is 360 g/mol. The van der Waals surface area contributed by atoms with Crippen molar-refractivity contribution in [2.24, 2.45) is 5.73 Å². The summed E-state index contributed by atoms with van der Waals surface area (Å²) in [6.07, 6.45) is 1.17. The highest BCUT2D eigenvalue weighted by Gasteiger charge is 2.18. The fourth-order valence-corrected chi connectivity index (χ4v) is 2.96. The van der Waals surface area contributed by atoms with E-state index in [0.29, 0.717) is 12.1 Å². The molecule has 0 unspecified atom stereocenters. The molecular formula is C18H20N2O4S. The predicted molar refractivity (Wildman–Crippen MR) is 94.5 cm³/mol. The van der Waals surface area contributed by atoms with Crippen LogP contribution < -0.4 is 5.73 Å². The Balaban J connectivity index is 2.23. The summed E-state index contributed by atoms with van der Waals surface area (Å²) in [4.78, 5) is 25.5. The third kappa shape index (κ3) is 5.42. The summed E-state index contributed by atoms with van der Waals surface area (Å²) in [5, 5.41) is 0. The van der Waals surface area contributed by atoms with Gasteiger partial charge in [-0.15, -0.1) is 0 Å². The lowest BCUT2D eigenvalue weighted by atomic mass is 10.1. The van der Waals surface area contributed by atoms with E-state index in [4.69, 9.17) is 5.73 Å². The summed E-state index contributed by atoms with van der Waals surface area (Å²) in [6, 6.07) is 15.1. The van der Waals surface area contributed by atoms with Crippen molar-refractivity contribution in [1.29, 1.82) is 0 Å². The fourth-order valence-electron chi connectivity index (χ4n) is 2.33. The number of hydrogen-bond donors (Lipinski definition) is 1. The molecule has 0 aromatic heterocycles. The van der Waals surface area contributed by atoms with E-state index in [-0.39, 0.29) is 23.8 Å². The Morgan fingerprint density at radius 1 is 1.00 bits per heavy atom. The fraction of sp³-hybridized carbons (Fsp3) is 0.222. The molecule has 0 spiro atoms. The minimum atomic E-state index is -3.32. The van der Waals surface area contributed by atoms with Crippen LogP contribution in [0.5, 0.6) is 0 Å². The van der Waals surface area contributed by atoms with E-state index in [1.807, 2.05) is 30.3 Å². The molecule has 2 aromatic rings. The SMILES string of the molecule is CS(=O)(=O)c1ccc(C(=O)N(CCC(N)=O)Cc2ccccc2)cc1. The second-order valence-corrected chi connectivity index (χ2v) is 7.74. The Morgan fingerprint density at radius 3 is 2.12 bits per heavy atom. The number of carbonyl (C=O) groups excluding carboxylic acids is 2. The quantitative estimate of drug-likeness (QED) is 0.811. The molecule has 2 N–H and O–H groups in total. The number of nitrogens with zero attached hydrogens (tertiary/aromatic N) is 1. The van der Waals surface area contributed by atoms with Crippen molar-refractivity contribution < 1.29 is 18.0 Å². The Labute approximate surface area is 147 Å². The number of carbonyl (C=O) groups is 2. The van der Waals surface area contributed by atoms with Gasteiger partial charge in [0.1, 0.15) is 0 Å². The lowest BCUT2D eigenvalue weighted by Crippen LogP contribution is -2.33. The first kappa shape index (κ1) is 18.7. The number of rotatable bonds is 7. The minimum absolute atomic E-state index is 0.0556. The first-order chi connectivity index (χ1) is 11.8. The first-order valence-electron chi connectivity index (χ1n) is 7.69. The number of amides is 2. The minimum Gasteiger partial charge on any atom is -0.370 e. The van der Waals surface area contributed by atoms with E-state index in [0.717, 1.165) is 11.8 Å². The van der Waals surface area contributed by atoms with E-state index in [1.54, 1.807) is 0 Å². The van der Waals surface area contributed by atoms with Crippen LogP contribution in [0.15, 0.2) is 59.5 Å². The van der Waals surface area contributed by atoms with E-state index in [9.17, 15) is 18.0 Å². The maximum Gasteiger partial charge on any atom is 0.254 e. The van der Waals surface area contributed by atoms with Gasteiger partial charge >= 0.3 is 0 Å². The normalized spacial score (nSPS) is 11.1. The van der Waals surface area contributed by atoms with Crippen molar-refractivity contribution in [3.63, 3.8) is 0 Å². The van der Waals surface area contributed by atoms with Crippen LogP contribution in [0.25, 0.3) is 0 Å². The molecule has 0 radical (unpaired) electrons. The van der Waals surface area contributed by atoms with Crippen LogP contribution in [-0.2, 0) is 21.2 Å². The molecule has 0 aliphatic heterocycles. The van der Waals surface area contributed by atoms with Crippen molar-refractivity contribution in [2.45, 2.75) is 17.9 Å². The molecule has 2 amide bonds. The molecule has 0 fully saturated rings. The van der Waals surface area contributed by atoms with E-state index in [1.165, 1.54) is 29.2 Å². The lowest BCUT2D eigenvalue weighted by Gasteiger charge is -2.22. The van der Waals surface area contributed by atoms with Crippen LogP contribution in [-0.4, -0.2) is 37.9 Å². The zero-order valence-corrected chi connectivity index (χ0v) is 14.7. The average molecular weight is 360 g/mol. The van der Waals surface area contributed by atoms with Gasteiger partial charge < -0.3 is 10.6 Å². The van der Waals surface area contributed by atoms with Crippen molar-refractivity contribution in [1.82, 2.24) is 4.90 Å². The highest BCUT2D eigenvalue weighted by Crippen LogP contribution is 2.14. The Bertz CT molecular complexity index is 846. The highest BCUT2D eigenvalue weighted by molar-refractivity contribution is 7.90. The zero-order valence-electron chi connectivity index (χ0n) is 13.9. The number of benzene rings is 2. The van der Waals surface area contributed by atoms with Crippen molar-refractivity contribution in [2.75, 3.05) is 12.8 Å². The molecule has 6 nitrogen and oxygen atoms in total. The molecule has 0 saturated heterocycles. The van der Waals surface area contributed by atoms with Crippen LogP contribution in [0.4, 0.5) is 0 Å². The maximum atomic E-state index is 12.7. The van der Waals surface area contributed by atoms with Crippen LogP contribution in [0.1, 0.15) is 22.3 Å². The molecule has 0 heterocycles. The van der Waals surface area contributed by atoms with E-state index >= 15 is 0 Å². The van der Waals surface area contributed by atoms with Crippen LogP contribution >= 0.6 is 0 Å². The first-order valence-corrected chi connectivity index (χ1v) is 9.58. The summed E-state index contributed by atoms with van der Waals surface area (Å²) < 4.78 is 23.0. The van der Waals surface area contributed by atoms with Gasteiger partial charge in [0.15, 0.2) is 9.84 Å². The third-order valence-electron chi connectivity index (χ3n) is 3.66. The third-order valence-corrected chi connectivity index (χ3v) is 4.79. The van der Waals surface area contributed by atoms with Crippen LogP contribution in [0.3, 0.4) is 0 Å². The molecule has 0 atom stereocenters. The van der Waals surface area contributed by atoms with Gasteiger partial charge in [-0.2, -0.15) is 0 Å². The topological polar surface area (TPSA) is 97.5 Å². The smallest absolute Gasteiger partial charge is 0.254 e. The number of primary amides is 1. The molecule has 0 saturated carbocycles. The molecule has 0 aliphatic carbocycles. The lowest BCUT2D eigenvalue weighted by molar-refractivity contribution is -0.118. The Hall–Kier alpha value is -2.67. The summed E-state index contributed by atoms with van der Waals surface area (Å²) in [6.45, 7) is 0.525. The molecule has 2 rings (SSSR count). The standard InChI is InChI=1S/C18H20N2O4S/c1-25(23,24)16-9-7-15(8-10-16)18(22)20(12-11-17(19)21)13-14-5-3-2-4-6-14/h2-10H,11-13H2,1H3,(H2,19,21). The van der Waals surface area contributed by atoms with Gasteiger partial charge in [-0.25, -0.2) is 8.42 Å². The van der Waals surface area contributed by atoms with Gasteiger partial charge in [-0.3, -0.25) is 9.59 Å².